The Labute approximate surface area is 107 Å². The number of aryl methyl sites for hydroxylation is 1. The molecule has 0 saturated carbocycles. The van der Waals surface area contributed by atoms with Crippen LogP contribution in [0.15, 0.2) is 18.2 Å². The Bertz CT molecular complexity index is 433. The minimum atomic E-state index is 0.0818. The maximum atomic E-state index is 12.4. The number of benzene rings is 1. The van der Waals surface area contributed by atoms with Crippen molar-refractivity contribution < 1.29 is 4.79 Å². The molecule has 4 heteroatoms. The Morgan fingerprint density at radius 2 is 2.29 bits per heavy atom. The molecule has 2 rings (SSSR count). The second kappa shape index (κ2) is 5.07. The molecule has 1 aliphatic heterocycles. The Hall–Kier alpha value is -1.06. The number of piperazine rings is 1. The fraction of sp³-hybridized carbons (Fsp3) is 0.462. The third-order valence-corrected chi connectivity index (χ3v) is 3.32. The van der Waals surface area contributed by atoms with Gasteiger partial charge in [0.05, 0.1) is 0 Å². The van der Waals surface area contributed by atoms with E-state index in [0.717, 1.165) is 25.2 Å². The Kier molecular flexibility index (Phi) is 3.69. The molecule has 17 heavy (non-hydrogen) atoms. The number of halogens is 1. The first-order chi connectivity index (χ1) is 8.08. The van der Waals surface area contributed by atoms with Crippen molar-refractivity contribution in [3.8, 4) is 0 Å². The number of carbonyl (C=O) groups excluding carboxylic acids is 1. The van der Waals surface area contributed by atoms with Crippen LogP contribution in [-0.2, 0) is 0 Å². The van der Waals surface area contributed by atoms with Crippen LogP contribution in [0.25, 0.3) is 0 Å². The molecule has 1 amide bonds. The van der Waals surface area contributed by atoms with Crippen LogP contribution in [0.5, 0.6) is 0 Å². The molecule has 0 radical (unpaired) electrons. The van der Waals surface area contributed by atoms with Gasteiger partial charge in [-0.1, -0.05) is 17.7 Å². The molecule has 1 fully saturated rings. The van der Waals surface area contributed by atoms with Crippen LogP contribution in [0.2, 0.25) is 5.02 Å². The van der Waals surface area contributed by atoms with Gasteiger partial charge in [-0.25, -0.2) is 0 Å². The quantitative estimate of drug-likeness (QED) is 0.830. The molecule has 1 atom stereocenters. The molecule has 0 spiro atoms. The third kappa shape index (κ3) is 2.79. The molecule has 0 aliphatic carbocycles. The zero-order valence-electron chi connectivity index (χ0n) is 10.2. The molecule has 1 N–H and O–H groups in total. The zero-order valence-corrected chi connectivity index (χ0v) is 10.9. The lowest BCUT2D eigenvalue weighted by molar-refractivity contribution is 0.0708. The van der Waals surface area contributed by atoms with E-state index < -0.39 is 0 Å². The SMILES string of the molecule is Cc1ccc(Cl)cc1C(=O)N1CCN[C@H](C)C1. The number of hydrogen-bond acceptors (Lipinski definition) is 2. The van der Waals surface area contributed by atoms with E-state index in [1.54, 1.807) is 6.07 Å². The molecule has 1 heterocycles. The molecular formula is C13H17ClN2O. The van der Waals surface area contributed by atoms with Crippen LogP contribution < -0.4 is 5.32 Å². The molecule has 1 aromatic carbocycles. The minimum Gasteiger partial charge on any atom is -0.336 e. The first kappa shape index (κ1) is 12.4. The molecule has 1 aliphatic rings. The van der Waals surface area contributed by atoms with E-state index in [9.17, 15) is 4.79 Å². The van der Waals surface area contributed by atoms with Crippen LogP contribution in [0, 0.1) is 6.92 Å². The highest BCUT2D eigenvalue weighted by atomic mass is 35.5. The molecule has 0 unspecified atom stereocenters. The van der Waals surface area contributed by atoms with Crippen molar-refractivity contribution >= 4 is 17.5 Å². The van der Waals surface area contributed by atoms with E-state index in [2.05, 4.69) is 12.2 Å². The number of hydrogen-bond donors (Lipinski definition) is 1. The molecule has 1 saturated heterocycles. The summed E-state index contributed by atoms with van der Waals surface area (Å²) in [6.07, 6.45) is 0. The van der Waals surface area contributed by atoms with Gasteiger partial charge in [-0.15, -0.1) is 0 Å². The van der Waals surface area contributed by atoms with Gasteiger partial charge in [0.15, 0.2) is 0 Å². The van der Waals surface area contributed by atoms with Crippen LogP contribution in [0.1, 0.15) is 22.8 Å². The Morgan fingerprint density at radius 1 is 1.53 bits per heavy atom. The molecule has 92 valence electrons. The van der Waals surface area contributed by atoms with Crippen molar-refractivity contribution in [1.82, 2.24) is 10.2 Å². The molecule has 1 aromatic rings. The predicted octanol–water partition coefficient (Wildman–Crippen LogP) is 2.08. The van der Waals surface area contributed by atoms with Crippen molar-refractivity contribution in [2.75, 3.05) is 19.6 Å². The summed E-state index contributed by atoms with van der Waals surface area (Å²) in [6, 6.07) is 5.81. The largest absolute Gasteiger partial charge is 0.336 e. The van der Waals surface area contributed by atoms with E-state index in [1.165, 1.54) is 0 Å². The van der Waals surface area contributed by atoms with Crippen LogP contribution in [0.3, 0.4) is 0 Å². The number of nitrogens with zero attached hydrogens (tertiary/aromatic N) is 1. The van der Waals surface area contributed by atoms with Gasteiger partial charge in [-0.05, 0) is 31.5 Å². The van der Waals surface area contributed by atoms with Gasteiger partial charge in [-0.3, -0.25) is 4.79 Å². The first-order valence-corrected chi connectivity index (χ1v) is 6.24. The number of rotatable bonds is 1. The van der Waals surface area contributed by atoms with E-state index >= 15 is 0 Å². The monoisotopic (exact) mass is 252 g/mol. The average Bonchev–Trinajstić information content (AvgIpc) is 2.31. The van der Waals surface area contributed by atoms with Gasteiger partial charge in [-0.2, -0.15) is 0 Å². The van der Waals surface area contributed by atoms with Crippen molar-refractivity contribution in [3.63, 3.8) is 0 Å². The highest BCUT2D eigenvalue weighted by Crippen LogP contribution is 2.18. The summed E-state index contributed by atoms with van der Waals surface area (Å²) in [5.74, 6) is 0.0818. The second-order valence-corrected chi connectivity index (χ2v) is 5.00. The van der Waals surface area contributed by atoms with Crippen molar-refractivity contribution in [1.29, 1.82) is 0 Å². The summed E-state index contributed by atoms with van der Waals surface area (Å²) in [5.41, 5.74) is 1.69. The van der Waals surface area contributed by atoms with Crippen LogP contribution in [-0.4, -0.2) is 36.5 Å². The lowest BCUT2D eigenvalue weighted by Crippen LogP contribution is -2.51. The van der Waals surface area contributed by atoms with E-state index in [0.29, 0.717) is 16.6 Å². The number of amides is 1. The zero-order chi connectivity index (χ0) is 12.4. The molecule has 0 bridgehead atoms. The van der Waals surface area contributed by atoms with E-state index in [1.807, 2.05) is 24.0 Å². The number of nitrogens with one attached hydrogen (secondary N) is 1. The van der Waals surface area contributed by atoms with Crippen LogP contribution >= 0.6 is 11.6 Å². The fourth-order valence-corrected chi connectivity index (χ4v) is 2.28. The molecular weight excluding hydrogens is 236 g/mol. The standard InChI is InChI=1S/C13H17ClN2O/c1-9-3-4-11(14)7-12(9)13(17)16-6-5-15-10(2)8-16/h3-4,7,10,15H,5-6,8H2,1-2H3/t10-/m1/s1. The van der Waals surface area contributed by atoms with Crippen LogP contribution in [0.4, 0.5) is 0 Å². The van der Waals surface area contributed by atoms with E-state index in [-0.39, 0.29) is 5.91 Å². The normalized spacial score (nSPS) is 20.4. The molecule has 3 nitrogen and oxygen atoms in total. The highest BCUT2D eigenvalue weighted by Gasteiger charge is 2.22. The van der Waals surface area contributed by atoms with Gasteiger partial charge in [0, 0.05) is 36.3 Å². The maximum absolute atomic E-state index is 12.4. The first-order valence-electron chi connectivity index (χ1n) is 5.87. The fourth-order valence-electron chi connectivity index (χ4n) is 2.11. The Morgan fingerprint density at radius 3 is 3.00 bits per heavy atom. The topological polar surface area (TPSA) is 32.3 Å². The lowest BCUT2D eigenvalue weighted by atomic mass is 10.1. The number of carbonyl (C=O) groups is 1. The smallest absolute Gasteiger partial charge is 0.254 e. The summed E-state index contributed by atoms with van der Waals surface area (Å²) < 4.78 is 0. The van der Waals surface area contributed by atoms with Crippen molar-refractivity contribution in [2.24, 2.45) is 0 Å². The second-order valence-electron chi connectivity index (χ2n) is 4.57. The molecule has 0 aromatic heterocycles. The lowest BCUT2D eigenvalue weighted by Gasteiger charge is -2.32. The average molecular weight is 253 g/mol. The predicted molar refractivity (Wildman–Crippen MR) is 69.6 cm³/mol. The summed E-state index contributed by atoms with van der Waals surface area (Å²) >= 11 is 5.95. The summed E-state index contributed by atoms with van der Waals surface area (Å²) in [6.45, 7) is 6.39. The van der Waals surface area contributed by atoms with Gasteiger partial charge in [0.25, 0.3) is 5.91 Å². The highest BCUT2D eigenvalue weighted by molar-refractivity contribution is 6.31. The van der Waals surface area contributed by atoms with Crippen molar-refractivity contribution in [2.45, 2.75) is 19.9 Å². The van der Waals surface area contributed by atoms with E-state index in [4.69, 9.17) is 11.6 Å². The third-order valence-electron chi connectivity index (χ3n) is 3.09. The Balaban J connectivity index is 2.21. The minimum absolute atomic E-state index is 0.0818. The summed E-state index contributed by atoms with van der Waals surface area (Å²) in [4.78, 5) is 14.2. The van der Waals surface area contributed by atoms with Gasteiger partial charge >= 0.3 is 0 Å². The van der Waals surface area contributed by atoms with Gasteiger partial charge in [0.1, 0.15) is 0 Å². The van der Waals surface area contributed by atoms with Crippen molar-refractivity contribution in [3.05, 3.63) is 34.3 Å². The maximum Gasteiger partial charge on any atom is 0.254 e. The van der Waals surface area contributed by atoms with Gasteiger partial charge < -0.3 is 10.2 Å². The van der Waals surface area contributed by atoms with Gasteiger partial charge in [0.2, 0.25) is 0 Å². The summed E-state index contributed by atoms with van der Waals surface area (Å²) in [7, 11) is 0. The summed E-state index contributed by atoms with van der Waals surface area (Å²) in [5, 5.41) is 3.94.